The summed E-state index contributed by atoms with van der Waals surface area (Å²) in [4.78, 5) is 24.3. The van der Waals surface area contributed by atoms with E-state index in [1.807, 2.05) is 19.1 Å². The molecule has 2 rings (SSSR count). The molecular weight excluding hydrogens is 534 g/mol. The number of ether oxygens (including phenoxy) is 3. The van der Waals surface area contributed by atoms with Crippen molar-refractivity contribution in [3.05, 3.63) is 57.1 Å². The third-order valence-electron chi connectivity index (χ3n) is 4.01. The smallest absolute Gasteiger partial charge is 0.276 e. The van der Waals surface area contributed by atoms with Crippen LogP contribution < -0.4 is 30.4 Å². The zero-order chi connectivity index (χ0) is 23.0. The molecule has 0 aliphatic rings. The van der Waals surface area contributed by atoms with Gasteiger partial charge in [-0.15, -0.1) is 0 Å². The number of carbonyl (C=O) groups excluding carboxylic acids is 2. The third-order valence-corrected chi connectivity index (χ3v) is 5.48. The summed E-state index contributed by atoms with van der Waals surface area (Å²) in [5, 5.41) is 2.73. The molecule has 10 heteroatoms. The Hall–Kier alpha value is -2.72. The standard InChI is InChI=1S/C21H23Br2N3O5/c1-12-7-19(16(23)10-15(12)22)31-11-21(28)26-25-13(2)8-20(27)24-17-9-14(29-3)5-6-18(17)30-4/h5-7,9-10,25H,2,8,11H2,1,3-4H3,(H,24,27)(H,26,28). The molecule has 0 heterocycles. The van der Waals surface area contributed by atoms with E-state index in [9.17, 15) is 9.59 Å². The van der Waals surface area contributed by atoms with Crippen LogP contribution in [0.3, 0.4) is 0 Å². The number of hydrazine groups is 1. The Morgan fingerprint density at radius 1 is 0.968 bits per heavy atom. The minimum atomic E-state index is -0.427. The number of benzene rings is 2. The van der Waals surface area contributed by atoms with Gasteiger partial charge in [0.25, 0.3) is 5.91 Å². The van der Waals surface area contributed by atoms with E-state index in [1.165, 1.54) is 14.2 Å². The maximum absolute atomic E-state index is 12.3. The number of nitrogens with one attached hydrogen (secondary N) is 3. The average Bonchev–Trinajstić information content (AvgIpc) is 2.73. The van der Waals surface area contributed by atoms with Crippen molar-refractivity contribution in [1.82, 2.24) is 10.9 Å². The van der Waals surface area contributed by atoms with Crippen LogP contribution in [0.15, 0.2) is 51.6 Å². The maximum atomic E-state index is 12.3. The molecule has 166 valence electrons. The van der Waals surface area contributed by atoms with Crippen molar-refractivity contribution >= 4 is 49.4 Å². The molecule has 0 spiro atoms. The zero-order valence-electron chi connectivity index (χ0n) is 17.3. The molecule has 0 saturated heterocycles. The summed E-state index contributed by atoms with van der Waals surface area (Å²) in [5.74, 6) is 0.842. The lowest BCUT2D eigenvalue weighted by atomic mass is 10.2. The molecule has 3 N–H and O–H groups in total. The van der Waals surface area contributed by atoms with E-state index >= 15 is 0 Å². The van der Waals surface area contributed by atoms with Gasteiger partial charge in [-0.25, -0.2) is 0 Å². The van der Waals surface area contributed by atoms with Gasteiger partial charge in [-0.2, -0.15) is 0 Å². The molecule has 0 aliphatic carbocycles. The molecule has 2 aromatic carbocycles. The Kier molecular flexibility index (Phi) is 9.20. The Labute approximate surface area is 197 Å². The van der Waals surface area contributed by atoms with Gasteiger partial charge in [0.05, 0.1) is 30.8 Å². The molecule has 8 nitrogen and oxygen atoms in total. The SMILES string of the molecule is C=C(CC(=O)Nc1cc(OC)ccc1OC)NNC(=O)COc1cc(C)c(Br)cc1Br. The fraction of sp³-hybridized carbons (Fsp3) is 0.238. The second-order valence-electron chi connectivity index (χ2n) is 6.39. The van der Waals surface area contributed by atoms with Crippen LogP contribution in [0, 0.1) is 6.92 Å². The predicted molar refractivity (Wildman–Crippen MR) is 125 cm³/mol. The van der Waals surface area contributed by atoms with Crippen LogP contribution in [0.4, 0.5) is 5.69 Å². The number of methoxy groups -OCH3 is 2. The highest BCUT2D eigenvalue weighted by atomic mass is 79.9. The largest absolute Gasteiger partial charge is 0.497 e. The van der Waals surface area contributed by atoms with Gasteiger partial charge in [0, 0.05) is 16.2 Å². The topological polar surface area (TPSA) is 97.9 Å². The summed E-state index contributed by atoms with van der Waals surface area (Å²) in [6.45, 7) is 5.44. The fourth-order valence-electron chi connectivity index (χ4n) is 2.42. The molecule has 0 aliphatic heterocycles. The summed E-state index contributed by atoms with van der Waals surface area (Å²) in [6, 6.07) is 8.71. The quantitative estimate of drug-likeness (QED) is 0.381. The average molecular weight is 557 g/mol. The molecule has 2 amide bonds. The van der Waals surface area contributed by atoms with E-state index in [-0.39, 0.29) is 18.9 Å². The molecule has 0 bridgehead atoms. The number of halogens is 2. The highest BCUT2D eigenvalue weighted by molar-refractivity contribution is 9.11. The Morgan fingerprint density at radius 2 is 1.71 bits per heavy atom. The second kappa shape index (κ2) is 11.6. The van der Waals surface area contributed by atoms with E-state index in [2.05, 4.69) is 54.6 Å². The fourth-order valence-corrected chi connectivity index (χ4v) is 3.53. The lowest BCUT2D eigenvalue weighted by Crippen LogP contribution is -2.40. The van der Waals surface area contributed by atoms with Gasteiger partial charge in [0.1, 0.15) is 17.2 Å². The van der Waals surface area contributed by atoms with Crippen molar-refractivity contribution in [2.45, 2.75) is 13.3 Å². The van der Waals surface area contributed by atoms with E-state index in [4.69, 9.17) is 14.2 Å². The molecule has 0 radical (unpaired) electrons. The van der Waals surface area contributed by atoms with E-state index in [0.717, 1.165) is 14.5 Å². The number of hydrogen-bond acceptors (Lipinski definition) is 6. The summed E-state index contributed by atoms with van der Waals surface area (Å²) in [6.07, 6.45) is -0.0705. The van der Waals surface area contributed by atoms with Gasteiger partial charge in [0.15, 0.2) is 6.61 Å². The normalized spacial score (nSPS) is 10.1. The summed E-state index contributed by atoms with van der Waals surface area (Å²) < 4.78 is 17.6. The highest BCUT2D eigenvalue weighted by Gasteiger charge is 2.12. The lowest BCUT2D eigenvalue weighted by molar-refractivity contribution is -0.124. The first kappa shape index (κ1) is 24.5. The summed E-state index contributed by atoms with van der Waals surface area (Å²) in [5.41, 5.74) is 6.80. The van der Waals surface area contributed by atoms with Crippen LogP contribution >= 0.6 is 31.9 Å². The number of amides is 2. The van der Waals surface area contributed by atoms with Crippen LogP contribution in [0.25, 0.3) is 0 Å². The molecule has 0 fully saturated rings. The van der Waals surface area contributed by atoms with Crippen LogP contribution in [0.1, 0.15) is 12.0 Å². The molecular formula is C21H23Br2N3O5. The molecule has 2 aromatic rings. The minimum absolute atomic E-state index is 0.0705. The molecule has 0 saturated carbocycles. The number of rotatable bonds is 10. The van der Waals surface area contributed by atoms with E-state index in [1.54, 1.807) is 18.2 Å². The van der Waals surface area contributed by atoms with Crippen molar-refractivity contribution in [3.63, 3.8) is 0 Å². The minimum Gasteiger partial charge on any atom is -0.497 e. The van der Waals surface area contributed by atoms with Gasteiger partial charge < -0.3 is 25.0 Å². The van der Waals surface area contributed by atoms with Gasteiger partial charge >= 0.3 is 0 Å². The van der Waals surface area contributed by atoms with Crippen molar-refractivity contribution in [2.24, 2.45) is 0 Å². The molecule has 0 atom stereocenters. The zero-order valence-corrected chi connectivity index (χ0v) is 20.5. The third kappa shape index (κ3) is 7.48. The van der Waals surface area contributed by atoms with Crippen molar-refractivity contribution in [2.75, 3.05) is 26.1 Å². The van der Waals surface area contributed by atoms with Crippen molar-refractivity contribution < 1.29 is 23.8 Å². The first-order chi connectivity index (χ1) is 14.7. The number of hydrogen-bond donors (Lipinski definition) is 3. The second-order valence-corrected chi connectivity index (χ2v) is 8.10. The molecule has 0 aromatic heterocycles. The predicted octanol–water partition coefficient (Wildman–Crippen LogP) is 4.08. The molecule has 31 heavy (non-hydrogen) atoms. The van der Waals surface area contributed by atoms with Crippen LogP contribution in [-0.2, 0) is 9.59 Å². The van der Waals surface area contributed by atoms with E-state index < -0.39 is 5.91 Å². The van der Waals surface area contributed by atoms with Crippen LogP contribution in [0.2, 0.25) is 0 Å². The Morgan fingerprint density at radius 3 is 2.39 bits per heavy atom. The van der Waals surface area contributed by atoms with Crippen molar-refractivity contribution in [3.8, 4) is 17.2 Å². The highest BCUT2D eigenvalue weighted by Crippen LogP contribution is 2.31. The van der Waals surface area contributed by atoms with Crippen LogP contribution in [-0.4, -0.2) is 32.6 Å². The van der Waals surface area contributed by atoms with Crippen LogP contribution in [0.5, 0.6) is 17.2 Å². The number of aryl methyl sites for hydroxylation is 1. The van der Waals surface area contributed by atoms with Gasteiger partial charge in [-0.3, -0.25) is 15.0 Å². The van der Waals surface area contributed by atoms with Crippen molar-refractivity contribution in [1.29, 1.82) is 0 Å². The van der Waals surface area contributed by atoms with Gasteiger partial charge in [-0.05, 0) is 52.7 Å². The first-order valence-corrected chi connectivity index (χ1v) is 10.6. The Balaban J connectivity index is 1.80. The van der Waals surface area contributed by atoms with Gasteiger partial charge in [-0.1, -0.05) is 22.5 Å². The van der Waals surface area contributed by atoms with E-state index in [0.29, 0.717) is 28.6 Å². The maximum Gasteiger partial charge on any atom is 0.276 e. The summed E-state index contributed by atoms with van der Waals surface area (Å²) >= 11 is 6.82. The Bertz CT molecular complexity index is 982. The first-order valence-electron chi connectivity index (χ1n) is 9.06. The lowest BCUT2D eigenvalue weighted by Gasteiger charge is -2.14. The van der Waals surface area contributed by atoms with Gasteiger partial charge in [0.2, 0.25) is 5.91 Å². The number of carbonyl (C=O) groups is 2. The number of anilines is 1. The summed E-state index contributed by atoms with van der Waals surface area (Å²) in [7, 11) is 3.03. The molecule has 0 unspecified atom stereocenters. The monoisotopic (exact) mass is 555 g/mol.